The number of hydrogen-bond donors (Lipinski definition) is 2. The van der Waals surface area contributed by atoms with E-state index < -0.39 is 0 Å². The Labute approximate surface area is 144 Å². The third kappa shape index (κ3) is 3.20. The first-order chi connectivity index (χ1) is 12.1. The molecule has 6 heteroatoms. The maximum absolute atomic E-state index is 14.2. The van der Waals surface area contributed by atoms with Crippen LogP contribution in [0.5, 0.6) is 0 Å². The quantitative estimate of drug-likeness (QED) is 0.732. The molecule has 2 N–H and O–H groups in total. The number of hydrogen-bond acceptors (Lipinski definition) is 4. The number of nitrogens with zero attached hydrogens (tertiary/aromatic N) is 1. The Hall–Kier alpha value is -2.89. The molecule has 1 aliphatic carbocycles. The first-order valence-electron chi connectivity index (χ1n) is 8.29. The first kappa shape index (κ1) is 15.6. The summed E-state index contributed by atoms with van der Waals surface area (Å²) >= 11 is 0. The van der Waals surface area contributed by atoms with Crippen molar-refractivity contribution in [2.75, 3.05) is 11.9 Å². The van der Waals surface area contributed by atoms with Crippen LogP contribution in [0.3, 0.4) is 0 Å². The van der Waals surface area contributed by atoms with Gasteiger partial charge in [0.05, 0.1) is 11.1 Å². The molecule has 0 atom stereocenters. The lowest BCUT2D eigenvalue weighted by molar-refractivity contribution is 0.0927. The number of aromatic nitrogens is 1. The molecule has 1 amide bonds. The van der Waals surface area contributed by atoms with Gasteiger partial charge in [-0.25, -0.2) is 4.39 Å². The first-order valence-corrected chi connectivity index (χ1v) is 8.29. The van der Waals surface area contributed by atoms with E-state index in [-0.39, 0.29) is 23.2 Å². The molecule has 0 aliphatic heterocycles. The predicted octanol–water partition coefficient (Wildman–Crippen LogP) is 4.16. The molecule has 5 nitrogen and oxygen atoms in total. The van der Waals surface area contributed by atoms with E-state index in [1.165, 1.54) is 6.07 Å². The van der Waals surface area contributed by atoms with E-state index in [0.717, 1.165) is 18.4 Å². The number of carbonyl (C=O) groups excluding carboxylic acids is 1. The number of furan rings is 1. The van der Waals surface area contributed by atoms with Crippen LogP contribution < -0.4 is 10.6 Å². The van der Waals surface area contributed by atoms with Gasteiger partial charge < -0.3 is 15.1 Å². The molecular weight excluding hydrogens is 321 g/mol. The lowest BCUT2D eigenvalue weighted by Gasteiger charge is -2.09. The van der Waals surface area contributed by atoms with E-state index in [9.17, 15) is 9.18 Å². The van der Waals surface area contributed by atoms with Crippen molar-refractivity contribution in [1.82, 2.24) is 10.3 Å². The molecule has 0 saturated heterocycles. The van der Waals surface area contributed by atoms with Gasteiger partial charge in [0.1, 0.15) is 17.1 Å². The Bertz CT molecular complexity index is 947. The smallest absolute Gasteiger partial charge is 0.289 e. The standard InChI is InChI=1S/C19H18FN3O2/c1-11-2-5-15(14(20)8-11)23-17-13-10-21-7-6-16(13)25-18(17)19(24)22-9-12-3-4-12/h2,5-8,10,12,23H,3-4,9H2,1H3,(H,22,24). The minimum absolute atomic E-state index is 0.142. The zero-order valence-corrected chi connectivity index (χ0v) is 13.8. The van der Waals surface area contributed by atoms with Crippen LogP contribution in [0.15, 0.2) is 41.1 Å². The number of rotatable bonds is 5. The van der Waals surface area contributed by atoms with Crippen LogP contribution in [0.1, 0.15) is 29.0 Å². The summed E-state index contributed by atoms with van der Waals surface area (Å²) in [5.74, 6) is 0.00488. The van der Waals surface area contributed by atoms with Crippen LogP contribution in [-0.4, -0.2) is 17.4 Å². The van der Waals surface area contributed by atoms with Crippen LogP contribution in [0.2, 0.25) is 0 Å². The fraction of sp³-hybridized carbons (Fsp3) is 0.263. The second-order valence-corrected chi connectivity index (χ2v) is 6.44. The number of anilines is 2. The Kier molecular flexibility index (Phi) is 3.87. The topological polar surface area (TPSA) is 67.2 Å². The number of carbonyl (C=O) groups is 1. The monoisotopic (exact) mass is 339 g/mol. The number of amides is 1. The summed E-state index contributed by atoms with van der Waals surface area (Å²) in [6.45, 7) is 2.45. The summed E-state index contributed by atoms with van der Waals surface area (Å²) in [6.07, 6.45) is 5.48. The highest BCUT2D eigenvalue weighted by Crippen LogP contribution is 2.34. The van der Waals surface area contributed by atoms with E-state index in [2.05, 4.69) is 15.6 Å². The number of benzene rings is 1. The highest BCUT2D eigenvalue weighted by Gasteiger charge is 2.25. The highest BCUT2D eigenvalue weighted by molar-refractivity contribution is 6.07. The molecular formula is C19H18FN3O2. The molecule has 1 aliphatic rings. The average molecular weight is 339 g/mol. The number of halogens is 1. The second kappa shape index (κ2) is 6.20. The van der Waals surface area contributed by atoms with Gasteiger partial charge in [-0.15, -0.1) is 0 Å². The van der Waals surface area contributed by atoms with Gasteiger partial charge in [0.2, 0.25) is 5.76 Å². The van der Waals surface area contributed by atoms with Gasteiger partial charge in [0.15, 0.2) is 0 Å². The zero-order chi connectivity index (χ0) is 17.4. The van der Waals surface area contributed by atoms with Crippen molar-refractivity contribution in [2.24, 2.45) is 5.92 Å². The van der Waals surface area contributed by atoms with Gasteiger partial charge in [-0.2, -0.15) is 0 Å². The molecule has 128 valence electrons. The van der Waals surface area contributed by atoms with Crippen molar-refractivity contribution >= 4 is 28.3 Å². The van der Waals surface area contributed by atoms with Crippen LogP contribution in [0, 0.1) is 18.7 Å². The summed E-state index contributed by atoms with van der Waals surface area (Å²) in [5.41, 5.74) is 2.07. The molecule has 1 saturated carbocycles. The molecule has 2 heterocycles. The minimum Gasteiger partial charge on any atom is -0.448 e. The molecule has 0 spiro atoms. The Morgan fingerprint density at radius 3 is 2.96 bits per heavy atom. The number of aryl methyl sites for hydroxylation is 1. The Balaban J connectivity index is 1.71. The van der Waals surface area contributed by atoms with Crippen LogP contribution in [0.4, 0.5) is 15.8 Å². The van der Waals surface area contributed by atoms with E-state index >= 15 is 0 Å². The molecule has 1 fully saturated rings. The third-order valence-electron chi connectivity index (χ3n) is 4.33. The van der Waals surface area contributed by atoms with Crippen molar-refractivity contribution in [3.8, 4) is 0 Å². The summed E-state index contributed by atoms with van der Waals surface area (Å²) in [6, 6.07) is 6.57. The maximum atomic E-state index is 14.2. The predicted molar refractivity (Wildman–Crippen MR) is 93.5 cm³/mol. The fourth-order valence-corrected chi connectivity index (χ4v) is 2.72. The van der Waals surface area contributed by atoms with E-state index in [1.54, 1.807) is 30.6 Å². The maximum Gasteiger partial charge on any atom is 0.289 e. The number of pyridine rings is 1. The van der Waals surface area contributed by atoms with Gasteiger partial charge in [-0.3, -0.25) is 9.78 Å². The highest BCUT2D eigenvalue weighted by atomic mass is 19.1. The largest absolute Gasteiger partial charge is 0.448 e. The average Bonchev–Trinajstić information content (AvgIpc) is 3.36. The molecule has 1 aromatic carbocycles. The van der Waals surface area contributed by atoms with Crippen molar-refractivity contribution in [1.29, 1.82) is 0 Å². The van der Waals surface area contributed by atoms with Gasteiger partial charge >= 0.3 is 0 Å². The summed E-state index contributed by atoms with van der Waals surface area (Å²) in [7, 11) is 0. The van der Waals surface area contributed by atoms with Crippen LogP contribution in [0.25, 0.3) is 11.0 Å². The molecule has 3 aromatic rings. The van der Waals surface area contributed by atoms with Gasteiger partial charge in [-0.05, 0) is 49.4 Å². The van der Waals surface area contributed by atoms with E-state index in [0.29, 0.717) is 29.1 Å². The van der Waals surface area contributed by atoms with Crippen molar-refractivity contribution in [2.45, 2.75) is 19.8 Å². The molecule has 2 aromatic heterocycles. The third-order valence-corrected chi connectivity index (χ3v) is 4.33. The molecule has 0 unspecified atom stereocenters. The number of nitrogens with one attached hydrogen (secondary N) is 2. The van der Waals surface area contributed by atoms with Gasteiger partial charge in [-0.1, -0.05) is 6.07 Å². The molecule has 4 rings (SSSR count). The van der Waals surface area contributed by atoms with Crippen molar-refractivity contribution in [3.63, 3.8) is 0 Å². The van der Waals surface area contributed by atoms with Crippen molar-refractivity contribution < 1.29 is 13.6 Å². The van der Waals surface area contributed by atoms with Crippen LogP contribution in [-0.2, 0) is 0 Å². The van der Waals surface area contributed by atoms with Gasteiger partial charge in [0.25, 0.3) is 5.91 Å². The van der Waals surface area contributed by atoms with Gasteiger partial charge in [0, 0.05) is 18.9 Å². The Morgan fingerprint density at radius 2 is 2.20 bits per heavy atom. The normalized spacial score (nSPS) is 13.8. The number of fused-ring (bicyclic) bond motifs is 1. The molecule has 25 heavy (non-hydrogen) atoms. The van der Waals surface area contributed by atoms with E-state index in [1.807, 2.05) is 6.92 Å². The molecule has 0 radical (unpaired) electrons. The van der Waals surface area contributed by atoms with Crippen LogP contribution >= 0.6 is 0 Å². The SMILES string of the molecule is Cc1ccc(Nc2c(C(=O)NCC3CC3)oc3ccncc23)c(F)c1. The zero-order valence-electron chi connectivity index (χ0n) is 13.8. The Morgan fingerprint density at radius 1 is 1.36 bits per heavy atom. The fourth-order valence-electron chi connectivity index (χ4n) is 2.72. The minimum atomic E-state index is -0.387. The summed E-state index contributed by atoms with van der Waals surface area (Å²) < 4.78 is 19.9. The molecule has 0 bridgehead atoms. The second-order valence-electron chi connectivity index (χ2n) is 6.44. The summed E-state index contributed by atoms with van der Waals surface area (Å²) in [4.78, 5) is 16.6. The van der Waals surface area contributed by atoms with E-state index in [4.69, 9.17) is 4.42 Å². The van der Waals surface area contributed by atoms with Crippen molar-refractivity contribution in [3.05, 3.63) is 53.8 Å². The lowest BCUT2D eigenvalue weighted by atomic mass is 10.2. The lowest BCUT2D eigenvalue weighted by Crippen LogP contribution is -2.25. The summed E-state index contributed by atoms with van der Waals surface area (Å²) in [5, 5.41) is 6.53.